The third kappa shape index (κ3) is 3.79. The number of aliphatic hydroxyl groups is 2. The molecule has 1 aliphatic rings. The Hall–Kier alpha value is -4.87. The molecule has 0 aromatic heterocycles. The summed E-state index contributed by atoms with van der Waals surface area (Å²) in [6, 6.07) is 3.00. The van der Waals surface area contributed by atoms with E-state index in [4.69, 9.17) is 14.2 Å². The number of fused-ring (bicyclic) bond motifs is 1. The van der Waals surface area contributed by atoms with E-state index in [0.717, 1.165) is 0 Å². The van der Waals surface area contributed by atoms with Crippen LogP contribution in [0.25, 0.3) is 49.2 Å². The summed E-state index contributed by atoms with van der Waals surface area (Å²) in [6.07, 6.45) is 1.76. The number of anilines is 2. The molecule has 44 heavy (non-hydrogen) atoms. The fraction of sp³-hybridized carbons (Fsp3) is 0.303. The molecule has 5 N–H and O–H groups in total. The van der Waals surface area contributed by atoms with Crippen LogP contribution in [-0.2, 0) is 4.79 Å². The van der Waals surface area contributed by atoms with Crippen LogP contribution in [0.5, 0.6) is 23.0 Å². The van der Waals surface area contributed by atoms with E-state index in [1.54, 1.807) is 19.1 Å². The number of hydrogen-bond donors (Lipinski definition) is 5. The molecule has 228 valence electrons. The molecule has 0 heterocycles. The summed E-state index contributed by atoms with van der Waals surface area (Å²) in [5, 5.41) is 39.8. The highest BCUT2D eigenvalue weighted by Crippen LogP contribution is 2.55. The maximum Gasteiger partial charge on any atom is 0.232 e. The van der Waals surface area contributed by atoms with Gasteiger partial charge in [0.1, 0.15) is 23.0 Å². The minimum Gasteiger partial charge on any atom is -0.507 e. The zero-order valence-electron chi connectivity index (χ0n) is 24.9. The zero-order chi connectivity index (χ0) is 31.6. The molecule has 0 amide bonds. The van der Waals surface area contributed by atoms with Crippen molar-refractivity contribution in [1.29, 1.82) is 0 Å². The summed E-state index contributed by atoms with van der Waals surface area (Å²) < 4.78 is 17.4. The van der Waals surface area contributed by atoms with Gasteiger partial charge in [-0.05, 0) is 19.2 Å². The number of allylic oxidation sites excluding steroid dienone is 1. The van der Waals surface area contributed by atoms with Crippen LogP contribution in [0.4, 0.5) is 11.4 Å². The average molecular weight is 601 g/mol. The second-order valence-corrected chi connectivity index (χ2v) is 10.9. The van der Waals surface area contributed by atoms with Gasteiger partial charge in [-0.2, -0.15) is 0 Å². The zero-order valence-corrected chi connectivity index (χ0v) is 24.9. The number of aliphatic hydroxyl groups excluding tert-OH is 2. The summed E-state index contributed by atoms with van der Waals surface area (Å²) >= 11 is 0. The fourth-order valence-corrected chi connectivity index (χ4v) is 6.97. The summed E-state index contributed by atoms with van der Waals surface area (Å²) in [5.41, 5.74) is 0.958. The predicted octanol–water partition coefficient (Wildman–Crippen LogP) is 3.52. The van der Waals surface area contributed by atoms with Crippen LogP contribution in [0.15, 0.2) is 27.3 Å². The number of rotatable bonds is 10. The monoisotopic (exact) mass is 600 g/mol. The molecule has 0 aliphatic heterocycles. The van der Waals surface area contributed by atoms with E-state index in [2.05, 4.69) is 10.6 Å². The number of ketones is 1. The lowest BCUT2D eigenvalue weighted by molar-refractivity contribution is -0.117. The van der Waals surface area contributed by atoms with Crippen molar-refractivity contribution in [3.05, 3.63) is 49.3 Å². The molecule has 0 fully saturated rings. The molecule has 5 aromatic carbocycles. The lowest BCUT2D eigenvalue weighted by Gasteiger charge is -2.25. The van der Waals surface area contributed by atoms with Gasteiger partial charge in [0.15, 0.2) is 5.75 Å². The largest absolute Gasteiger partial charge is 0.507 e. The number of Topliss-reactive ketones (excluding diaryl/α,β-unsaturated/α-hetero) is 1. The quantitative estimate of drug-likeness (QED) is 0.118. The first-order valence-electron chi connectivity index (χ1n) is 14.1. The van der Waals surface area contributed by atoms with Crippen molar-refractivity contribution in [1.82, 2.24) is 0 Å². The van der Waals surface area contributed by atoms with Crippen molar-refractivity contribution in [2.75, 3.05) is 58.3 Å². The number of benzene rings is 5. The Kier molecular flexibility index (Phi) is 7.10. The van der Waals surface area contributed by atoms with Crippen LogP contribution in [-0.4, -0.2) is 68.7 Å². The highest BCUT2D eigenvalue weighted by Gasteiger charge is 2.37. The highest BCUT2D eigenvalue weighted by atomic mass is 16.5. The molecule has 0 radical (unpaired) electrons. The Labute approximate surface area is 250 Å². The first-order valence-corrected chi connectivity index (χ1v) is 14.1. The number of phenols is 1. The summed E-state index contributed by atoms with van der Waals surface area (Å²) in [4.78, 5) is 42.1. The molecule has 1 atom stereocenters. The van der Waals surface area contributed by atoms with Crippen LogP contribution in [0.3, 0.4) is 0 Å². The molecule has 11 nitrogen and oxygen atoms in total. The van der Waals surface area contributed by atoms with Gasteiger partial charge in [-0.3, -0.25) is 14.4 Å². The van der Waals surface area contributed by atoms with Gasteiger partial charge in [0.05, 0.1) is 56.9 Å². The molecule has 0 spiro atoms. The van der Waals surface area contributed by atoms with Gasteiger partial charge in [-0.1, -0.05) is 11.6 Å². The van der Waals surface area contributed by atoms with E-state index in [-0.39, 0.29) is 71.2 Å². The molecular weight excluding hydrogens is 568 g/mol. The van der Waals surface area contributed by atoms with E-state index in [9.17, 15) is 29.7 Å². The number of ether oxygens (including phenoxy) is 3. The first kappa shape index (κ1) is 29.2. The third-order valence-electron chi connectivity index (χ3n) is 8.51. The number of carbonyl (C=O) groups is 1. The summed E-state index contributed by atoms with van der Waals surface area (Å²) in [5.74, 6) is -1.01. The Morgan fingerprint density at radius 2 is 1.41 bits per heavy atom. The second-order valence-electron chi connectivity index (χ2n) is 10.9. The van der Waals surface area contributed by atoms with Gasteiger partial charge in [-0.15, -0.1) is 0 Å². The number of carbonyl (C=O) groups excluding carboxylic acids is 1. The van der Waals surface area contributed by atoms with Crippen LogP contribution in [0.2, 0.25) is 0 Å². The summed E-state index contributed by atoms with van der Waals surface area (Å²) in [6.45, 7) is 2.93. The van der Waals surface area contributed by atoms with E-state index < -0.39 is 11.3 Å². The molecule has 1 unspecified atom stereocenters. The molecule has 0 saturated carbocycles. The Morgan fingerprint density at radius 3 is 2.00 bits per heavy atom. The average Bonchev–Trinajstić information content (AvgIpc) is 3.13. The van der Waals surface area contributed by atoms with Gasteiger partial charge < -0.3 is 40.2 Å². The Bertz CT molecular complexity index is 2160. The smallest absolute Gasteiger partial charge is 0.232 e. The topological polar surface area (TPSA) is 164 Å². The molecule has 6 rings (SSSR count). The van der Waals surface area contributed by atoms with Crippen molar-refractivity contribution in [3.63, 3.8) is 0 Å². The number of hydrogen-bond acceptors (Lipinski definition) is 11. The minimum absolute atomic E-state index is 0.0244. The maximum atomic E-state index is 14.5. The molecule has 5 aromatic rings. The molecule has 0 saturated heterocycles. The van der Waals surface area contributed by atoms with Gasteiger partial charge in [0.25, 0.3) is 0 Å². The fourth-order valence-electron chi connectivity index (χ4n) is 6.97. The van der Waals surface area contributed by atoms with Crippen LogP contribution >= 0.6 is 0 Å². The number of aromatic hydroxyl groups is 1. The van der Waals surface area contributed by atoms with E-state index >= 15 is 0 Å². The minimum atomic E-state index is -0.916. The van der Waals surface area contributed by atoms with Crippen LogP contribution in [0.1, 0.15) is 30.9 Å². The third-order valence-corrected chi connectivity index (χ3v) is 8.51. The maximum absolute atomic E-state index is 14.5. The Balaban J connectivity index is 2.12. The molecule has 0 bridgehead atoms. The Morgan fingerprint density at radius 1 is 0.795 bits per heavy atom. The molecular formula is C33H32N2O9. The molecule has 1 aliphatic carbocycles. The van der Waals surface area contributed by atoms with Crippen molar-refractivity contribution in [3.8, 4) is 23.0 Å². The van der Waals surface area contributed by atoms with E-state index in [0.29, 0.717) is 60.5 Å². The molecule has 11 heteroatoms. The van der Waals surface area contributed by atoms with Gasteiger partial charge in [0, 0.05) is 69.0 Å². The van der Waals surface area contributed by atoms with Crippen molar-refractivity contribution in [2.45, 2.75) is 19.8 Å². The van der Waals surface area contributed by atoms with Crippen LogP contribution in [0, 0.1) is 0 Å². The van der Waals surface area contributed by atoms with Crippen molar-refractivity contribution < 1.29 is 34.3 Å². The van der Waals surface area contributed by atoms with Gasteiger partial charge in [0.2, 0.25) is 10.9 Å². The SMILES string of the molecule is COc1c2c3c4c(c(NCCO)c(=O)c5c(NCCO)cc(OC)c(c6c(OC)cc(O)c(c1=O)c63)c54)C=C(C)C2C(C)=O. The van der Waals surface area contributed by atoms with Crippen molar-refractivity contribution >= 4 is 66.3 Å². The van der Waals surface area contributed by atoms with Gasteiger partial charge in [-0.25, -0.2) is 0 Å². The lowest BCUT2D eigenvalue weighted by Crippen LogP contribution is -2.19. The second kappa shape index (κ2) is 10.7. The van der Waals surface area contributed by atoms with E-state index in [1.807, 2.05) is 0 Å². The van der Waals surface area contributed by atoms with Crippen molar-refractivity contribution in [2.24, 2.45) is 0 Å². The number of nitrogens with one attached hydrogen (secondary N) is 2. The van der Waals surface area contributed by atoms with Crippen LogP contribution < -0.4 is 35.7 Å². The highest BCUT2D eigenvalue weighted by molar-refractivity contribution is 6.40. The van der Waals surface area contributed by atoms with Gasteiger partial charge >= 0.3 is 0 Å². The predicted molar refractivity (Wildman–Crippen MR) is 171 cm³/mol. The standard InChI is InChI=1S/C33H32N2O9/c1-13-10-15-21-26-22(31(40)30(15)35-7-9-37)16(34-6-8-36)11-18(42-3)24(26)25-19(43-4)12-17(39)23-28(25)27(21)29(20(13)14(2)38)33(44-5)32(23)41/h10-12,20,34-37,39H,6-9H2,1-5H3. The first-order chi connectivity index (χ1) is 21.2. The lowest BCUT2D eigenvalue weighted by atomic mass is 9.80. The number of methoxy groups -OCH3 is 3. The van der Waals surface area contributed by atoms with E-state index in [1.165, 1.54) is 34.3 Å². The summed E-state index contributed by atoms with van der Waals surface area (Å²) in [7, 11) is 4.26. The number of phenolic OH excluding ortho intramolecular Hbond substituents is 1. The normalized spacial score (nSPS) is 14.4.